The van der Waals surface area contributed by atoms with Gasteiger partial charge in [-0.05, 0) is 55.5 Å². The number of aryl methyl sites for hydroxylation is 2. The molecule has 0 heterocycles. The molecule has 3 rings (SSSR count). The molecule has 0 unspecified atom stereocenters. The molecule has 1 aliphatic rings. The molecular weight excluding hydrogens is 360 g/mol. The van der Waals surface area contributed by atoms with Crippen molar-refractivity contribution < 1.29 is 14.3 Å². The zero-order chi connectivity index (χ0) is 19.2. The third-order valence-electron chi connectivity index (χ3n) is 4.55. The van der Waals surface area contributed by atoms with E-state index in [1.165, 1.54) is 22.9 Å². The fraction of sp³-hybridized carbons (Fsp3) is 0.333. The van der Waals surface area contributed by atoms with Gasteiger partial charge in [-0.25, -0.2) is 5.43 Å². The number of carbonyl (C=O) groups is 1. The largest absolute Gasteiger partial charge is 0.493 e. The van der Waals surface area contributed by atoms with Crippen LogP contribution >= 0.6 is 11.8 Å². The Bertz CT molecular complexity index is 865. The average Bonchev–Trinajstić information content (AvgIpc) is 2.70. The monoisotopic (exact) mass is 384 g/mol. The summed E-state index contributed by atoms with van der Waals surface area (Å²) in [5.74, 6) is 1.62. The van der Waals surface area contributed by atoms with E-state index >= 15 is 0 Å². The zero-order valence-corrected chi connectivity index (χ0v) is 16.7. The van der Waals surface area contributed by atoms with Gasteiger partial charge in [0.1, 0.15) is 0 Å². The normalized spacial score (nSPS) is 14.6. The van der Waals surface area contributed by atoms with Crippen LogP contribution in [0.25, 0.3) is 0 Å². The van der Waals surface area contributed by atoms with Crippen molar-refractivity contribution in [2.75, 3.05) is 20.0 Å². The van der Waals surface area contributed by atoms with Crippen LogP contribution in [0.15, 0.2) is 46.4 Å². The summed E-state index contributed by atoms with van der Waals surface area (Å²) in [6, 6.07) is 12.0. The molecule has 0 bridgehead atoms. The summed E-state index contributed by atoms with van der Waals surface area (Å²) in [6.07, 6.45) is 2.79. The van der Waals surface area contributed by atoms with Crippen LogP contribution < -0.4 is 14.9 Å². The van der Waals surface area contributed by atoms with E-state index in [2.05, 4.69) is 10.5 Å². The number of amides is 1. The molecule has 27 heavy (non-hydrogen) atoms. The highest BCUT2D eigenvalue weighted by atomic mass is 32.2. The van der Waals surface area contributed by atoms with E-state index in [0.717, 1.165) is 41.2 Å². The van der Waals surface area contributed by atoms with Crippen molar-refractivity contribution in [2.24, 2.45) is 5.10 Å². The molecule has 5 nitrogen and oxygen atoms in total. The van der Waals surface area contributed by atoms with Crippen molar-refractivity contribution in [2.45, 2.75) is 31.1 Å². The Morgan fingerprint density at radius 1 is 1.15 bits per heavy atom. The quantitative estimate of drug-likeness (QED) is 0.605. The number of nitrogens with zero attached hydrogens (tertiary/aromatic N) is 1. The number of nitrogens with one attached hydrogen (secondary N) is 1. The van der Waals surface area contributed by atoms with E-state index in [-0.39, 0.29) is 5.91 Å². The van der Waals surface area contributed by atoms with Crippen molar-refractivity contribution in [1.82, 2.24) is 5.43 Å². The standard InChI is InChI=1S/C21H24N2O3S/c1-14-7-4-5-10-20(14)27-13-21(24)23-22-17-9-6-8-15-11-18(25-2)19(26-3)12-16(15)17/h4-5,7,10-12H,6,8-9,13H2,1-3H3,(H,23,24)/b22-17+. The van der Waals surface area contributed by atoms with Gasteiger partial charge in [-0.1, -0.05) is 18.2 Å². The van der Waals surface area contributed by atoms with Crippen molar-refractivity contribution in [3.63, 3.8) is 0 Å². The van der Waals surface area contributed by atoms with Gasteiger partial charge in [-0.15, -0.1) is 11.8 Å². The first-order valence-corrected chi connectivity index (χ1v) is 9.90. The van der Waals surface area contributed by atoms with E-state index in [1.54, 1.807) is 14.2 Å². The molecule has 0 atom stereocenters. The number of hydrogen-bond acceptors (Lipinski definition) is 5. The Hall–Kier alpha value is -2.47. The van der Waals surface area contributed by atoms with E-state index in [1.807, 2.05) is 43.3 Å². The third kappa shape index (κ3) is 4.63. The van der Waals surface area contributed by atoms with Gasteiger partial charge in [-0.2, -0.15) is 5.10 Å². The predicted octanol–water partition coefficient (Wildman–Crippen LogP) is 3.96. The molecule has 0 fully saturated rings. The summed E-state index contributed by atoms with van der Waals surface area (Å²) in [5, 5.41) is 4.40. The molecule has 1 N–H and O–H groups in total. The Morgan fingerprint density at radius 2 is 1.89 bits per heavy atom. The Morgan fingerprint density at radius 3 is 2.63 bits per heavy atom. The van der Waals surface area contributed by atoms with Crippen molar-refractivity contribution in [1.29, 1.82) is 0 Å². The molecule has 2 aromatic rings. The van der Waals surface area contributed by atoms with E-state index in [4.69, 9.17) is 9.47 Å². The molecule has 0 radical (unpaired) electrons. The molecule has 1 amide bonds. The number of hydrogen-bond donors (Lipinski definition) is 1. The third-order valence-corrected chi connectivity index (χ3v) is 5.72. The topological polar surface area (TPSA) is 59.9 Å². The lowest BCUT2D eigenvalue weighted by molar-refractivity contribution is -0.118. The highest BCUT2D eigenvalue weighted by Gasteiger charge is 2.19. The van der Waals surface area contributed by atoms with Crippen molar-refractivity contribution in [3.8, 4) is 11.5 Å². The van der Waals surface area contributed by atoms with Crippen molar-refractivity contribution in [3.05, 3.63) is 53.1 Å². The van der Waals surface area contributed by atoms with E-state index in [0.29, 0.717) is 11.5 Å². The number of ether oxygens (including phenoxy) is 2. The SMILES string of the molecule is COc1cc2c(cc1OC)/C(=N/NC(=O)CSc1ccccc1C)CCC2. The molecule has 0 saturated carbocycles. The minimum Gasteiger partial charge on any atom is -0.493 e. The van der Waals surface area contributed by atoms with Gasteiger partial charge < -0.3 is 9.47 Å². The minimum atomic E-state index is -0.108. The van der Waals surface area contributed by atoms with Gasteiger partial charge in [-0.3, -0.25) is 4.79 Å². The molecular formula is C21H24N2O3S. The number of fused-ring (bicyclic) bond motifs is 1. The lowest BCUT2D eigenvalue weighted by Crippen LogP contribution is -2.23. The number of rotatable bonds is 6. The maximum Gasteiger partial charge on any atom is 0.250 e. The molecule has 0 aliphatic heterocycles. The molecule has 0 aromatic heterocycles. The van der Waals surface area contributed by atoms with E-state index < -0.39 is 0 Å². The molecule has 1 aliphatic carbocycles. The van der Waals surface area contributed by atoms with Crippen LogP contribution in [-0.4, -0.2) is 31.6 Å². The number of benzene rings is 2. The van der Waals surface area contributed by atoms with Gasteiger partial charge >= 0.3 is 0 Å². The van der Waals surface area contributed by atoms with Crippen molar-refractivity contribution >= 4 is 23.4 Å². The first kappa shape index (κ1) is 19.3. The summed E-state index contributed by atoms with van der Waals surface area (Å²) in [7, 11) is 3.25. The molecule has 0 saturated heterocycles. The summed E-state index contributed by atoms with van der Waals surface area (Å²) in [4.78, 5) is 13.3. The van der Waals surface area contributed by atoms with Crippen LogP contribution in [0.1, 0.15) is 29.5 Å². The van der Waals surface area contributed by atoms with Crippen LogP contribution in [0, 0.1) is 6.92 Å². The van der Waals surface area contributed by atoms with Gasteiger partial charge in [0, 0.05) is 10.5 Å². The van der Waals surface area contributed by atoms with Gasteiger partial charge in [0.05, 0.1) is 25.7 Å². The highest BCUT2D eigenvalue weighted by molar-refractivity contribution is 8.00. The maximum atomic E-state index is 12.2. The van der Waals surface area contributed by atoms with Crippen LogP contribution in [0.3, 0.4) is 0 Å². The van der Waals surface area contributed by atoms with Gasteiger partial charge in [0.2, 0.25) is 5.91 Å². The van der Waals surface area contributed by atoms with Crippen LogP contribution in [-0.2, 0) is 11.2 Å². The van der Waals surface area contributed by atoms with Crippen LogP contribution in [0.5, 0.6) is 11.5 Å². The second-order valence-corrected chi connectivity index (χ2v) is 7.38. The molecule has 142 valence electrons. The first-order valence-electron chi connectivity index (χ1n) is 8.91. The second-order valence-electron chi connectivity index (χ2n) is 6.37. The number of thioether (sulfide) groups is 1. The zero-order valence-electron chi connectivity index (χ0n) is 15.9. The smallest absolute Gasteiger partial charge is 0.250 e. The molecule has 2 aromatic carbocycles. The van der Waals surface area contributed by atoms with Crippen LogP contribution in [0.2, 0.25) is 0 Å². The average molecular weight is 385 g/mol. The Labute approximate surface area is 164 Å². The summed E-state index contributed by atoms with van der Waals surface area (Å²) < 4.78 is 10.8. The maximum absolute atomic E-state index is 12.2. The molecule has 6 heteroatoms. The predicted molar refractivity (Wildman–Crippen MR) is 109 cm³/mol. The number of methoxy groups -OCH3 is 2. The lowest BCUT2D eigenvalue weighted by Gasteiger charge is -2.20. The second kappa shape index (κ2) is 8.95. The summed E-state index contributed by atoms with van der Waals surface area (Å²) in [5.41, 5.74) is 6.94. The van der Waals surface area contributed by atoms with Gasteiger partial charge in [0.15, 0.2) is 11.5 Å². The van der Waals surface area contributed by atoms with E-state index in [9.17, 15) is 4.79 Å². The summed E-state index contributed by atoms with van der Waals surface area (Å²) in [6.45, 7) is 2.04. The Kier molecular flexibility index (Phi) is 6.40. The fourth-order valence-electron chi connectivity index (χ4n) is 3.12. The minimum absolute atomic E-state index is 0.108. The first-order chi connectivity index (χ1) is 13.1. The fourth-order valence-corrected chi connectivity index (χ4v) is 3.94. The van der Waals surface area contributed by atoms with Gasteiger partial charge in [0.25, 0.3) is 0 Å². The highest BCUT2D eigenvalue weighted by Crippen LogP contribution is 2.34. The lowest BCUT2D eigenvalue weighted by atomic mass is 9.89. The Balaban J connectivity index is 1.69. The number of hydrazone groups is 1. The summed E-state index contributed by atoms with van der Waals surface area (Å²) >= 11 is 1.52. The molecule has 0 spiro atoms. The number of carbonyl (C=O) groups excluding carboxylic acids is 1. The van der Waals surface area contributed by atoms with Crippen LogP contribution in [0.4, 0.5) is 0 Å².